The summed E-state index contributed by atoms with van der Waals surface area (Å²) in [5.41, 5.74) is 0.707. The van der Waals surface area contributed by atoms with Gasteiger partial charge in [0.25, 0.3) is 5.91 Å². The molecule has 110 valence electrons. The van der Waals surface area contributed by atoms with Crippen molar-refractivity contribution in [3.63, 3.8) is 0 Å². The Bertz CT molecular complexity index is 441. The zero-order valence-electron chi connectivity index (χ0n) is 12.7. The molecule has 2 rings (SSSR count). The van der Waals surface area contributed by atoms with Crippen LogP contribution in [0.15, 0.2) is 24.3 Å². The van der Waals surface area contributed by atoms with Crippen LogP contribution in [0, 0.1) is 11.8 Å². The minimum absolute atomic E-state index is 0.0269. The first kappa shape index (κ1) is 14.9. The van der Waals surface area contributed by atoms with Crippen molar-refractivity contribution in [2.24, 2.45) is 11.8 Å². The molecule has 0 spiro atoms. The van der Waals surface area contributed by atoms with Gasteiger partial charge in [0.15, 0.2) is 0 Å². The molecule has 3 unspecified atom stereocenters. The highest BCUT2D eigenvalue weighted by Crippen LogP contribution is 2.29. The Morgan fingerprint density at radius 1 is 1.25 bits per heavy atom. The van der Waals surface area contributed by atoms with Gasteiger partial charge < -0.3 is 10.1 Å². The van der Waals surface area contributed by atoms with Crippen LogP contribution in [0.5, 0.6) is 5.75 Å². The van der Waals surface area contributed by atoms with E-state index >= 15 is 0 Å². The molecular weight excluding hydrogens is 250 g/mol. The van der Waals surface area contributed by atoms with Crippen LogP contribution in [-0.2, 0) is 0 Å². The number of carbonyl (C=O) groups is 1. The van der Waals surface area contributed by atoms with Gasteiger partial charge in [0, 0.05) is 11.6 Å². The third-order valence-corrected chi connectivity index (χ3v) is 4.45. The predicted octanol–water partition coefficient (Wildman–Crippen LogP) is 3.64. The summed E-state index contributed by atoms with van der Waals surface area (Å²) in [5, 5.41) is 3.19. The van der Waals surface area contributed by atoms with Crippen molar-refractivity contribution in [3.05, 3.63) is 29.8 Å². The van der Waals surface area contributed by atoms with Crippen LogP contribution in [0.2, 0.25) is 0 Å². The molecule has 1 aliphatic rings. The molecule has 0 saturated heterocycles. The molecule has 1 aromatic carbocycles. The monoisotopic (exact) mass is 275 g/mol. The second-order valence-electron chi connectivity index (χ2n) is 5.80. The Kier molecular flexibility index (Phi) is 5.05. The van der Waals surface area contributed by atoms with Crippen molar-refractivity contribution >= 4 is 5.91 Å². The lowest BCUT2D eigenvalue weighted by Gasteiger charge is -2.34. The van der Waals surface area contributed by atoms with Gasteiger partial charge in [0.05, 0.1) is 6.61 Å². The SMILES string of the molecule is CCOc1ccc(C(=O)NC2CCCC(C)C2C)cc1. The second-order valence-corrected chi connectivity index (χ2v) is 5.80. The van der Waals surface area contributed by atoms with Crippen molar-refractivity contribution in [3.8, 4) is 5.75 Å². The molecule has 1 aromatic rings. The molecule has 3 nitrogen and oxygen atoms in total. The number of rotatable bonds is 4. The van der Waals surface area contributed by atoms with Gasteiger partial charge in [-0.3, -0.25) is 4.79 Å². The lowest BCUT2D eigenvalue weighted by Crippen LogP contribution is -2.43. The van der Waals surface area contributed by atoms with E-state index in [0.717, 1.165) is 12.2 Å². The van der Waals surface area contributed by atoms with E-state index in [4.69, 9.17) is 4.74 Å². The van der Waals surface area contributed by atoms with E-state index in [9.17, 15) is 4.79 Å². The normalized spacial score (nSPS) is 26.1. The summed E-state index contributed by atoms with van der Waals surface area (Å²) in [5.74, 6) is 2.08. The molecule has 1 N–H and O–H groups in total. The topological polar surface area (TPSA) is 38.3 Å². The fourth-order valence-corrected chi connectivity index (χ4v) is 2.91. The molecule has 1 saturated carbocycles. The van der Waals surface area contributed by atoms with Crippen molar-refractivity contribution in [2.75, 3.05) is 6.61 Å². The molecule has 0 heterocycles. The van der Waals surface area contributed by atoms with Gasteiger partial charge in [-0.05, 0) is 49.4 Å². The highest BCUT2D eigenvalue weighted by Gasteiger charge is 2.28. The van der Waals surface area contributed by atoms with Gasteiger partial charge in [-0.25, -0.2) is 0 Å². The molecule has 0 aliphatic heterocycles. The van der Waals surface area contributed by atoms with Gasteiger partial charge in [0.1, 0.15) is 5.75 Å². The van der Waals surface area contributed by atoms with E-state index in [1.807, 2.05) is 31.2 Å². The zero-order chi connectivity index (χ0) is 14.5. The number of ether oxygens (including phenoxy) is 1. The standard InChI is InChI=1S/C17H25NO2/c1-4-20-15-10-8-14(9-11-15)17(19)18-16-7-5-6-12(2)13(16)3/h8-13,16H,4-7H2,1-3H3,(H,18,19). The van der Waals surface area contributed by atoms with E-state index < -0.39 is 0 Å². The van der Waals surface area contributed by atoms with Crippen LogP contribution < -0.4 is 10.1 Å². The Balaban J connectivity index is 1.97. The molecule has 0 aromatic heterocycles. The van der Waals surface area contributed by atoms with E-state index in [0.29, 0.717) is 30.0 Å². The number of carbonyl (C=O) groups excluding carboxylic acids is 1. The maximum absolute atomic E-state index is 12.3. The van der Waals surface area contributed by atoms with Gasteiger partial charge in [-0.15, -0.1) is 0 Å². The van der Waals surface area contributed by atoms with Crippen LogP contribution in [-0.4, -0.2) is 18.6 Å². The third kappa shape index (κ3) is 3.53. The van der Waals surface area contributed by atoms with Crippen LogP contribution in [0.1, 0.15) is 50.4 Å². The summed E-state index contributed by atoms with van der Waals surface area (Å²) in [6, 6.07) is 7.67. The van der Waals surface area contributed by atoms with Gasteiger partial charge in [-0.1, -0.05) is 26.7 Å². The zero-order valence-corrected chi connectivity index (χ0v) is 12.7. The lowest BCUT2D eigenvalue weighted by atomic mass is 9.78. The van der Waals surface area contributed by atoms with Crippen LogP contribution >= 0.6 is 0 Å². The Hall–Kier alpha value is -1.51. The molecule has 1 fully saturated rings. The quantitative estimate of drug-likeness (QED) is 0.911. The molecule has 20 heavy (non-hydrogen) atoms. The Morgan fingerprint density at radius 2 is 1.95 bits per heavy atom. The van der Waals surface area contributed by atoms with Crippen molar-refractivity contribution in [1.82, 2.24) is 5.32 Å². The summed E-state index contributed by atoms with van der Waals surface area (Å²) in [6.45, 7) is 7.11. The van der Waals surface area contributed by atoms with E-state index in [2.05, 4.69) is 19.2 Å². The fourth-order valence-electron chi connectivity index (χ4n) is 2.91. The molecule has 1 aliphatic carbocycles. The minimum Gasteiger partial charge on any atom is -0.494 e. The highest BCUT2D eigenvalue weighted by molar-refractivity contribution is 5.94. The van der Waals surface area contributed by atoms with E-state index in [1.54, 1.807) is 0 Å². The molecule has 3 atom stereocenters. The molecule has 0 radical (unpaired) electrons. The first-order chi connectivity index (χ1) is 9.61. The smallest absolute Gasteiger partial charge is 0.251 e. The fraction of sp³-hybridized carbons (Fsp3) is 0.588. The molecular formula is C17H25NO2. The molecule has 1 amide bonds. The summed E-state index contributed by atoms with van der Waals surface area (Å²) in [7, 11) is 0. The van der Waals surface area contributed by atoms with Crippen LogP contribution in [0.3, 0.4) is 0 Å². The van der Waals surface area contributed by atoms with E-state index in [1.165, 1.54) is 12.8 Å². The summed E-state index contributed by atoms with van der Waals surface area (Å²) < 4.78 is 5.39. The summed E-state index contributed by atoms with van der Waals surface area (Å²) >= 11 is 0. The van der Waals surface area contributed by atoms with Crippen molar-refractivity contribution in [2.45, 2.75) is 46.1 Å². The first-order valence-corrected chi connectivity index (χ1v) is 7.65. The van der Waals surface area contributed by atoms with Gasteiger partial charge in [0.2, 0.25) is 0 Å². The van der Waals surface area contributed by atoms with Gasteiger partial charge >= 0.3 is 0 Å². The number of hydrogen-bond acceptors (Lipinski definition) is 2. The summed E-state index contributed by atoms with van der Waals surface area (Å²) in [4.78, 5) is 12.3. The van der Waals surface area contributed by atoms with Crippen LogP contribution in [0.25, 0.3) is 0 Å². The Labute approximate surface area is 121 Å². The largest absolute Gasteiger partial charge is 0.494 e. The number of benzene rings is 1. The average molecular weight is 275 g/mol. The van der Waals surface area contributed by atoms with Crippen molar-refractivity contribution in [1.29, 1.82) is 0 Å². The number of hydrogen-bond donors (Lipinski definition) is 1. The number of nitrogens with one attached hydrogen (secondary N) is 1. The highest BCUT2D eigenvalue weighted by atomic mass is 16.5. The van der Waals surface area contributed by atoms with E-state index in [-0.39, 0.29) is 5.91 Å². The molecule has 0 bridgehead atoms. The summed E-state index contributed by atoms with van der Waals surface area (Å²) in [6.07, 6.45) is 3.57. The van der Waals surface area contributed by atoms with Crippen LogP contribution in [0.4, 0.5) is 0 Å². The third-order valence-electron chi connectivity index (χ3n) is 4.45. The maximum atomic E-state index is 12.3. The maximum Gasteiger partial charge on any atom is 0.251 e. The first-order valence-electron chi connectivity index (χ1n) is 7.65. The minimum atomic E-state index is 0.0269. The lowest BCUT2D eigenvalue weighted by molar-refractivity contribution is 0.0891. The van der Waals surface area contributed by atoms with Gasteiger partial charge in [-0.2, -0.15) is 0 Å². The second kappa shape index (κ2) is 6.78. The predicted molar refractivity (Wildman–Crippen MR) is 81.0 cm³/mol. The van der Waals surface area contributed by atoms with Crippen molar-refractivity contribution < 1.29 is 9.53 Å². The molecule has 3 heteroatoms. The number of amides is 1. The average Bonchev–Trinajstić information content (AvgIpc) is 2.45. The Morgan fingerprint density at radius 3 is 2.60 bits per heavy atom.